The van der Waals surface area contributed by atoms with Gasteiger partial charge in [-0.1, -0.05) is 12.1 Å². The quantitative estimate of drug-likeness (QED) is 0.709. The number of carboxylic acid groups (broad SMARTS) is 1. The Bertz CT molecular complexity index is 837. The smallest absolute Gasteiger partial charge is 0.465 e. The standard InChI is InChI=1S/C17H23BFNO6S/c1-16(2)17(3,4)26-18(25-16)13-6-5-7-14(8-13)27(23,24)11-12(9-19)10-20-15(21)22/h5-9,20H,10-11H2,1-4H3,(H,21,22)/b12-9+. The van der Waals surface area contributed by atoms with Crippen LogP contribution in [0.5, 0.6) is 0 Å². The summed E-state index contributed by atoms with van der Waals surface area (Å²) >= 11 is 0. The fourth-order valence-electron chi connectivity index (χ4n) is 2.47. The molecule has 1 aliphatic rings. The zero-order valence-corrected chi connectivity index (χ0v) is 16.5. The number of sulfone groups is 1. The Balaban J connectivity index is 2.23. The number of amides is 1. The summed E-state index contributed by atoms with van der Waals surface area (Å²) in [5.74, 6) is -0.642. The first kappa shape index (κ1) is 21.4. The van der Waals surface area contributed by atoms with Crippen LogP contribution in [0.3, 0.4) is 0 Å². The first-order valence-corrected chi connectivity index (χ1v) is 9.96. The van der Waals surface area contributed by atoms with Crippen molar-refractivity contribution in [1.29, 1.82) is 0 Å². The molecule has 10 heteroatoms. The molecule has 1 aromatic carbocycles. The van der Waals surface area contributed by atoms with Gasteiger partial charge in [0.05, 0.1) is 28.2 Å². The van der Waals surface area contributed by atoms with E-state index in [4.69, 9.17) is 14.4 Å². The highest BCUT2D eigenvalue weighted by Crippen LogP contribution is 2.36. The van der Waals surface area contributed by atoms with Gasteiger partial charge >= 0.3 is 13.2 Å². The summed E-state index contributed by atoms with van der Waals surface area (Å²) in [4.78, 5) is 10.5. The van der Waals surface area contributed by atoms with Crippen molar-refractivity contribution in [2.24, 2.45) is 0 Å². The molecule has 1 saturated heterocycles. The average Bonchev–Trinajstić information content (AvgIpc) is 2.79. The van der Waals surface area contributed by atoms with Gasteiger partial charge in [0.2, 0.25) is 0 Å². The number of carbonyl (C=O) groups is 1. The van der Waals surface area contributed by atoms with Gasteiger partial charge in [-0.2, -0.15) is 0 Å². The molecule has 1 amide bonds. The van der Waals surface area contributed by atoms with Crippen molar-refractivity contribution in [2.45, 2.75) is 43.8 Å². The molecule has 0 bridgehead atoms. The number of hydrogen-bond acceptors (Lipinski definition) is 5. The molecule has 0 atom stereocenters. The van der Waals surface area contributed by atoms with E-state index in [9.17, 15) is 17.6 Å². The van der Waals surface area contributed by atoms with Gasteiger partial charge in [-0.05, 0) is 50.9 Å². The lowest BCUT2D eigenvalue weighted by atomic mass is 9.79. The monoisotopic (exact) mass is 399 g/mol. The van der Waals surface area contributed by atoms with Crippen molar-refractivity contribution in [3.8, 4) is 0 Å². The van der Waals surface area contributed by atoms with E-state index in [0.29, 0.717) is 5.46 Å². The zero-order valence-electron chi connectivity index (χ0n) is 15.7. The van der Waals surface area contributed by atoms with Crippen LogP contribution in [-0.2, 0) is 19.1 Å². The Morgan fingerprint density at radius 3 is 2.37 bits per heavy atom. The fraction of sp³-hybridized carbons (Fsp3) is 0.471. The number of nitrogens with one attached hydrogen (secondary N) is 1. The van der Waals surface area contributed by atoms with E-state index >= 15 is 0 Å². The predicted octanol–water partition coefficient (Wildman–Crippen LogP) is 1.88. The van der Waals surface area contributed by atoms with E-state index in [0.717, 1.165) is 0 Å². The van der Waals surface area contributed by atoms with Gasteiger partial charge in [-0.15, -0.1) is 0 Å². The molecule has 2 rings (SSSR count). The molecule has 2 N–H and O–H groups in total. The molecule has 148 valence electrons. The summed E-state index contributed by atoms with van der Waals surface area (Å²) in [6, 6.07) is 6.07. The molecule has 1 aromatic rings. The van der Waals surface area contributed by atoms with Gasteiger partial charge in [0.15, 0.2) is 9.84 Å². The first-order chi connectivity index (χ1) is 12.4. The van der Waals surface area contributed by atoms with Crippen molar-refractivity contribution >= 4 is 28.5 Å². The van der Waals surface area contributed by atoms with Crippen LogP contribution in [0.15, 0.2) is 41.1 Å². The van der Waals surface area contributed by atoms with Gasteiger partial charge in [-0.3, -0.25) is 0 Å². The molecule has 1 fully saturated rings. The van der Waals surface area contributed by atoms with Crippen LogP contribution >= 0.6 is 0 Å². The highest BCUT2D eigenvalue weighted by Gasteiger charge is 2.51. The van der Waals surface area contributed by atoms with Crippen LogP contribution in [0.2, 0.25) is 0 Å². The molecule has 0 radical (unpaired) electrons. The Morgan fingerprint density at radius 1 is 1.26 bits per heavy atom. The fourth-order valence-corrected chi connectivity index (χ4v) is 3.89. The third-order valence-corrected chi connectivity index (χ3v) is 6.46. The number of hydrogen-bond donors (Lipinski definition) is 2. The van der Waals surface area contributed by atoms with Gasteiger partial charge in [-0.25, -0.2) is 17.6 Å². The molecule has 7 nitrogen and oxygen atoms in total. The molecule has 0 aromatic heterocycles. The third-order valence-electron chi connectivity index (χ3n) is 4.74. The highest BCUT2D eigenvalue weighted by molar-refractivity contribution is 7.91. The van der Waals surface area contributed by atoms with Gasteiger partial charge in [0.25, 0.3) is 0 Å². The Morgan fingerprint density at radius 2 is 1.85 bits per heavy atom. The zero-order chi connectivity index (χ0) is 20.5. The van der Waals surface area contributed by atoms with E-state index in [2.05, 4.69) is 0 Å². The molecule has 0 spiro atoms. The van der Waals surface area contributed by atoms with Crippen LogP contribution in [0, 0.1) is 0 Å². The second-order valence-corrected chi connectivity index (χ2v) is 9.34. The molecule has 1 heterocycles. The van der Waals surface area contributed by atoms with Crippen LogP contribution in [-0.4, -0.2) is 50.2 Å². The van der Waals surface area contributed by atoms with Crippen LogP contribution in [0.4, 0.5) is 9.18 Å². The van der Waals surface area contributed by atoms with Gasteiger partial charge < -0.3 is 19.7 Å². The molecule has 27 heavy (non-hydrogen) atoms. The second kappa shape index (κ2) is 7.61. The Hall–Kier alpha value is -1.91. The van der Waals surface area contributed by atoms with Crippen molar-refractivity contribution in [2.75, 3.05) is 12.3 Å². The van der Waals surface area contributed by atoms with Crippen LogP contribution in [0.25, 0.3) is 0 Å². The lowest BCUT2D eigenvalue weighted by Gasteiger charge is -2.32. The maximum atomic E-state index is 13.0. The largest absolute Gasteiger partial charge is 0.494 e. The summed E-state index contributed by atoms with van der Waals surface area (Å²) in [5, 5.41) is 10.5. The lowest BCUT2D eigenvalue weighted by Crippen LogP contribution is -2.41. The molecular formula is C17H23BFNO6S. The van der Waals surface area contributed by atoms with Crippen LogP contribution in [0.1, 0.15) is 27.7 Å². The van der Waals surface area contributed by atoms with Crippen molar-refractivity contribution in [3.63, 3.8) is 0 Å². The third kappa shape index (κ3) is 4.88. The average molecular weight is 399 g/mol. The SMILES string of the molecule is CC1(C)OB(c2cccc(S(=O)(=O)C/C(=C/F)CNC(=O)O)c2)OC1(C)C. The summed E-state index contributed by atoms with van der Waals surface area (Å²) in [6.07, 6.45) is -1.26. The number of benzene rings is 1. The minimum Gasteiger partial charge on any atom is -0.465 e. The summed E-state index contributed by atoms with van der Waals surface area (Å²) in [7, 11) is -4.61. The van der Waals surface area contributed by atoms with Crippen molar-refractivity contribution in [3.05, 3.63) is 36.2 Å². The van der Waals surface area contributed by atoms with E-state index in [-0.39, 0.29) is 16.8 Å². The van der Waals surface area contributed by atoms with E-state index in [1.54, 1.807) is 12.1 Å². The number of rotatable bonds is 6. The maximum Gasteiger partial charge on any atom is 0.494 e. The molecular weight excluding hydrogens is 376 g/mol. The normalized spacial score (nSPS) is 19.1. The first-order valence-electron chi connectivity index (χ1n) is 8.31. The number of halogens is 1. The highest BCUT2D eigenvalue weighted by atomic mass is 32.2. The minimum atomic E-state index is -3.88. The lowest BCUT2D eigenvalue weighted by molar-refractivity contribution is 0.00578. The summed E-state index contributed by atoms with van der Waals surface area (Å²) in [6.45, 7) is 7.15. The molecule has 0 saturated carbocycles. The van der Waals surface area contributed by atoms with Crippen LogP contribution < -0.4 is 10.8 Å². The second-order valence-electron chi connectivity index (χ2n) is 7.35. The minimum absolute atomic E-state index is 0.0237. The Kier molecular flexibility index (Phi) is 6.03. The Labute approximate surface area is 158 Å². The predicted molar refractivity (Wildman–Crippen MR) is 99.4 cm³/mol. The van der Waals surface area contributed by atoms with Gasteiger partial charge in [0.1, 0.15) is 0 Å². The molecule has 1 aliphatic heterocycles. The van der Waals surface area contributed by atoms with Crippen molar-refractivity contribution in [1.82, 2.24) is 5.32 Å². The molecule has 0 unspecified atom stereocenters. The van der Waals surface area contributed by atoms with E-state index < -0.39 is 46.5 Å². The topological polar surface area (TPSA) is 102 Å². The summed E-state index contributed by atoms with van der Waals surface area (Å²) in [5.41, 5.74) is -0.805. The van der Waals surface area contributed by atoms with Crippen molar-refractivity contribution < 1.29 is 32.0 Å². The van der Waals surface area contributed by atoms with E-state index in [1.807, 2.05) is 33.0 Å². The van der Waals surface area contributed by atoms with E-state index in [1.165, 1.54) is 12.1 Å². The maximum absolute atomic E-state index is 13.0. The molecule has 0 aliphatic carbocycles. The van der Waals surface area contributed by atoms with Gasteiger partial charge in [0, 0.05) is 6.54 Å². The summed E-state index contributed by atoms with van der Waals surface area (Å²) < 4.78 is 50.0.